The molecular formula is C32H24N6O2S2. The fourth-order valence-electron chi connectivity index (χ4n) is 6.97. The molecule has 0 amide bonds. The number of fused-ring (bicyclic) bond motifs is 8. The highest BCUT2D eigenvalue weighted by Gasteiger charge is 2.48. The van der Waals surface area contributed by atoms with E-state index in [0.29, 0.717) is 10.0 Å². The van der Waals surface area contributed by atoms with Crippen molar-refractivity contribution in [3.8, 4) is 50.6 Å². The molecule has 7 rings (SSSR count). The summed E-state index contributed by atoms with van der Waals surface area (Å²) in [5.41, 5.74) is 3.42. The minimum atomic E-state index is -0.473. The monoisotopic (exact) mass is 588 g/mol. The zero-order chi connectivity index (χ0) is 28.9. The van der Waals surface area contributed by atoms with Gasteiger partial charge in [-0.3, -0.25) is 0 Å². The van der Waals surface area contributed by atoms with Crippen molar-refractivity contribution in [2.45, 2.75) is 75.4 Å². The molecule has 0 atom stereocenters. The van der Waals surface area contributed by atoms with E-state index < -0.39 is 11.2 Å². The molecule has 0 N–H and O–H groups in total. The molecule has 0 bridgehead atoms. The Bertz CT molecular complexity index is 1690. The van der Waals surface area contributed by atoms with Gasteiger partial charge in [0.2, 0.25) is 10.7 Å². The Morgan fingerprint density at radius 2 is 1.19 bits per heavy atom. The molecule has 4 heterocycles. The Morgan fingerprint density at radius 1 is 0.714 bits per heavy atom. The average molecular weight is 589 g/mol. The van der Waals surface area contributed by atoms with Crippen molar-refractivity contribution in [2.75, 3.05) is 0 Å². The Balaban J connectivity index is 1.47. The van der Waals surface area contributed by atoms with E-state index in [1.807, 2.05) is 30.3 Å². The van der Waals surface area contributed by atoms with E-state index in [4.69, 9.17) is 16.0 Å². The number of thiophene rings is 2. The van der Waals surface area contributed by atoms with Crippen molar-refractivity contribution in [1.29, 1.82) is 15.8 Å². The molecule has 2 spiro atoms. The van der Waals surface area contributed by atoms with Crippen LogP contribution in [0.25, 0.3) is 25.7 Å². The van der Waals surface area contributed by atoms with Crippen LogP contribution >= 0.6 is 22.7 Å². The van der Waals surface area contributed by atoms with E-state index in [9.17, 15) is 15.8 Å². The first-order valence-electron chi connectivity index (χ1n) is 14.1. The molecule has 4 aliphatic rings. The van der Waals surface area contributed by atoms with Gasteiger partial charge in [-0.1, -0.05) is 35.7 Å². The van der Waals surface area contributed by atoms with Crippen molar-refractivity contribution in [3.05, 3.63) is 46.8 Å². The summed E-state index contributed by atoms with van der Waals surface area (Å²) in [5, 5.41) is 29.1. The number of amidine groups is 1. The van der Waals surface area contributed by atoms with E-state index in [1.165, 1.54) is 35.5 Å². The van der Waals surface area contributed by atoms with Crippen LogP contribution in [0, 0.1) is 40.6 Å². The van der Waals surface area contributed by atoms with E-state index >= 15 is 0 Å². The zero-order valence-corrected chi connectivity index (χ0v) is 24.3. The maximum Gasteiger partial charge on any atom is 0.350 e. The van der Waals surface area contributed by atoms with Gasteiger partial charge < -0.3 is 14.3 Å². The van der Waals surface area contributed by atoms with E-state index in [0.717, 1.165) is 94.9 Å². The van der Waals surface area contributed by atoms with Crippen LogP contribution in [0.5, 0.6) is 11.5 Å². The number of hydrogen-bond acceptors (Lipinski definition) is 9. The maximum atomic E-state index is 9.30. The minimum Gasteiger partial charge on any atom is -0.481 e. The first-order valence-corrected chi connectivity index (χ1v) is 15.8. The number of nitrogens with zero attached hydrogens (tertiary/aromatic N) is 6. The Morgan fingerprint density at radius 3 is 1.62 bits per heavy atom. The fourth-order valence-corrected chi connectivity index (χ4v) is 8.95. The number of aliphatic imine (C=N–C) groups is 2. The highest BCUT2D eigenvalue weighted by atomic mass is 32.1. The molecule has 1 aromatic carbocycles. The second-order valence-electron chi connectivity index (χ2n) is 11.2. The molecule has 3 aromatic rings. The molecule has 0 unspecified atom stereocenters. The molecule has 0 saturated heterocycles. The number of hydrogen-bond donors (Lipinski definition) is 0. The van der Waals surface area contributed by atoms with Gasteiger partial charge >= 0.3 is 5.84 Å². The molecule has 2 fully saturated rings. The van der Waals surface area contributed by atoms with Crippen LogP contribution in [0.15, 0.2) is 34.3 Å². The maximum absolute atomic E-state index is 9.30. The standard InChI is InChI=1S/C32H24N6O2S2/c1-36-26(18-35)38-28-15-25-30(42-28)21-13-22-20(12-23(21)32(40-25)10-6-3-7-11-32)29-24(39-31(22)8-4-2-5-9-31)14-27(41-29)37-19(16-33)17-34/h12-15H,2-11H2. The zero-order valence-electron chi connectivity index (χ0n) is 22.7. The summed E-state index contributed by atoms with van der Waals surface area (Å²) in [6.45, 7) is 7.27. The summed E-state index contributed by atoms with van der Waals surface area (Å²) in [6.07, 6.45) is 10.2. The van der Waals surface area contributed by atoms with Gasteiger partial charge in [0.15, 0.2) is 0 Å². The first-order chi connectivity index (χ1) is 20.5. The first kappa shape index (κ1) is 26.4. The van der Waals surface area contributed by atoms with Gasteiger partial charge in [-0.05, 0) is 63.5 Å². The Kier molecular flexibility index (Phi) is 6.36. The lowest BCUT2D eigenvalue weighted by atomic mass is 9.71. The van der Waals surface area contributed by atoms with Gasteiger partial charge in [0.25, 0.3) is 0 Å². The summed E-state index contributed by atoms with van der Waals surface area (Å²) in [6, 6.07) is 13.9. The second-order valence-corrected chi connectivity index (χ2v) is 13.2. The smallest absolute Gasteiger partial charge is 0.350 e. The van der Waals surface area contributed by atoms with Crippen molar-refractivity contribution in [2.24, 2.45) is 9.98 Å². The van der Waals surface area contributed by atoms with E-state index in [1.54, 1.807) is 0 Å². The van der Waals surface area contributed by atoms with Crippen molar-refractivity contribution >= 4 is 44.2 Å². The lowest BCUT2D eigenvalue weighted by Crippen LogP contribution is -2.40. The largest absolute Gasteiger partial charge is 0.481 e. The average Bonchev–Trinajstić information content (AvgIpc) is 3.62. The summed E-state index contributed by atoms with van der Waals surface area (Å²) >= 11 is 2.89. The van der Waals surface area contributed by atoms with Crippen LogP contribution in [-0.4, -0.2) is 11.5 Å². The van der Waals surface area contributed by atoms with E-state index in [-0.39, 0.29) is 11.5 Å². The lowest BCUT2D eigenvalue weighted by molar-refractivity contribution is 0.0206. The fraction of sp³-hybridized carbons (Fsp3) is 0.375. The van der Waals surface area contributed by atoms with Crippen LogP contribution < -0.4 is 9.47 Å². The highest BCUT2D eigenvalue weighted by molar-refractivity contribution is 7.20. The quantitative estimate of drug-likeness (QED) is 0.168. The van der Waals surface area contributed by atoms with Gasteiger partial charge in [0.05, 0.1) is 9.75 Å². The molecule has 42 heavy (non-hydrogen) atoms. The van der Waals surface area contributed by atoms with Crippen molar-refractivity contribution < 1.29 is 9.47 Å². The van der Waals surface area contributed by atoms with Gasteiger partial charge in [0.1, 0.15) is 45.9 Å². The molecule has 10 heteroatoms. The topological polar surface area (TPSA) is 119 Å². The summed E-state index contributed by atoms with van der Waals surface area (Å²) < 4.78 is 13.8. The summed E-state index contributed by atoms with van der Waals surface area (Å²) in [4.78, 5) is 13.8. The third-order valence-corrected chi connectivity index (χ3v) is 10.9. The number of nitriles is 3. The van der Waals surface area contributed by atoms with Gasteiger partial charge in [-0.2, -0.15) is 10.5 Å². The van der Waals surface area contributed by atoms with Crippen LogP contribution in [0.2, 0.25) is 0 Å². The molecule has 2 aliphatic heterocycles. The normalized spacial score (nSPS) is 18.8. The summed E-state index contributed by atoms with van der Waals surface area (Å²) in [7, 11) is 0. The molecule has 0 radical (unpaired) electrons. The molecule has 2 aromatic heterocycles. The second kappa shape index (κ2) is 10.1. The third kappa shape index (κ3) is 4.11. The number of benzene rings is 1. The van der Waals surface area contributed by atoms with Crippen LogP contribution in [0.3, 0.4) is 0 Å². The predicted molar refractivity (Wildman–Crippen MR) is 161 cm³/mol. The molecular weight excluding hydrogens is 565 g/mol. The molecule has 2 saturated carbocycles. The molecule has 206 valence electrons. The van der Waals surface area contributed by atoms with Crippen molar-refractivity contribution in [3.63, 3.8) is 0 Å². The van der Waals surface area contributed by atoms with Crippen LogP contribution in [-0.2, 0) is 11.2 Å². The Hall–Kier alpha value is -4.48. The van der Waals surface area contributed by atoms with Crippen LogP contribution in [0.1, 0.15) is 75.3 Å². The van der Waals surface area contributed by atoms with Gasteiger partial charge in [-0.15, -0.1) is 11.3 Å². The molecule has 8 nitrogen and oxygen atoms in total. The number of rotatable bonds is 2. The van der Waals surface area contributed by atoms with Gasteiger partial charge in [-0.25, -0.2) is 10.3 Å². The predicted octanol–water partition coefficient (Wildman–Crippen LogP) is 8.84. The van der Waals surface area contributed by atoms with Gasteiger partial charge in [0, 0.05) is 34.4 Å². The summed E-state index contributed by atoms with van der Waals surface area (Å²) in [5.74, 6) is 1.33. The van der Waals surface area contributed by atoms with Crippen molar-refractivity contribution in [1.82, 2.24) is 0 Å². The number of ether oxygens (including phenoxy) is 2. The molecule has 2 aliphatic carbocycles. The van der Waals surface area contributed by atoms with Crippen LogP contribution in [0.4, 0.5) is 10.0 Å². The minimum absolute atomic E-state index is 0.178. The van der Waals surface area contributed by atoms with E-state index in [2.05, 4.69) is 27.0 Å². The third-order valence-electron chi connectivity index (χ3n) is 8.79. The highest BCUT2D eigenvalue weighted by Crippen LogP contribution is 2.61. The lowest BCUT2D eigenvalue weighted by Gasteiger charge is -2.45. The Labute approximate surface area is 251 Å². The SMILES string of the molecule is [C-]#[N+]C(C#N)=Nc1cc2c(s1)-c1cc3c(cc1C1(CCCCC1)O2)-c1sc(N=C(C#N)C#N)cc1OC31CCCCC1.